The average Bonchev–Trinajstić information content (AvgIpc) is 2.75. The zero-order valence-electron chi connectivity index (χ0n) is 15.8. The van der Waals surface area contributed by atoms with Gasteiger partial charge in [0.25, 0.3) is 0 Å². The zero-order valence-corrected chi connectivity index (χ0v) is 15.8. The Kier molecular flexibility index (Phi) is 5.69. The summed E-state index contributed by atoms with van der Waals surface area (Å²) in [5.74, 6) is 0.421. The molecule has 1 atom stereocenters. The second-order valence-corrected chi connectivity index (χ2v) is 7.06. The molecule has 2 heterocycles. The van der Waals surface area contributed by atoms with Crippen LogP contribution in [0.2, 0.25) is 0 Å². The monoisotopic (exact) mass is 395 g/mol. The second kappa shape index (κ2) is 8.55. The van der Waals surface area contributed by atoms with Crippen molar-refractivity contribution in [3.05, 3.63) is 60.7 Å². The molecule has 1 aliphatic rings. The quantitative estimate of drug-likeness (QED) is 0.685. The summed E-state index contributed by atoms with van der Waals surface area (Å²) in [4.78, 5) is 16.9. The van der Waals surface area contributed by atoms with Crippen molar-refractivity contribution in [2.75, 3.05) is 18.5 Å². The number of carbonyl (C=O) groups is 1. The van der Waals surface area contributed by atoms with Gasteiger partial charge in [-0.05, 0) is 49.1 Å². The van der Waals surface area contributed by atoms with Gasteiger partial charge in [0, 0.05) is 42.4 Å². The van der Waals surface area contributed by atoms with Crippen LogP contribution < -0.4 is 15.8 Å². The molecule has 7 heteroatoms. The highest BCUT2D eigenvalue weighted by Crippen LogP contribution is 2.34. The van der Waals surface area contributed by atoms with E-state index >= 15 is 0 Å². The number of carbonyl (C=O) groups excluding carboxylic acids is 1. The van der Waals surface area contributed by atoms with Crippen LogP contribution in [0.3, 0.4) is 0 Å². The van der Waals surface area contributed by atoms with Crippen molar-refractivity contribution in [2.45, 2.75) is 18.9 Å². The van der Waals surface area contributed by atoms with E-state index in [2.05, 4.69) is 10.3 Å². The minimum atomic E-state index is -0.603. The predicted molar refractivity (Wildman–Crippen MR) is 108 cm³/mol. The van der Waals surface area contributed by atoms with E-state index in [9.17, 15) is 9.18 Å². The third-order valence-electron chi connectivity index (χ3n) is 5.14. The molecule has 29 heavy (non-hydrogen) atoms. The third-order valence-corrected chi connectivity index (χ3v) is 5.14. The van der Waals surface area contributed by atoms with E-state index in [1.165, 1.54) is 12.1 Å². The van der Waals surface area contributed by atoms with E-state index in [1.807, 2.05) is 0 Å². The lowest BCUT2D eigenvalue weighted by Crippen LogP contribution is -2.44. The van der Waals surface area contributed by atoms with E-state index in [4.69, 9.17) is 15.2 Å². The number of hydrogen-bond donors (Lipinski definition) is 2. The summed E-state index contributed by atoms with van der Waals surface area (Å²) in [5, 5.41) is 4.39. The molecule has 1 amide bonds. The Hall–Kier alpha value is -3.03. The molecule has 1 aromatic heterocycles. The van der Waals surface area contributed by atoms with Crippen molar-refractivity contribution >= 4 is 22.4 Å². The fourth-order valence-corrected chi connectivity index (χ4v) is 3.52. The largest absolute Gasteiger partial charge is 0.457 e. The van der Waals surface area contributed by atoms with E-state index in [0.29, 0.717) is 35.8 Å². The number of ether oxygens (including phenoxy) is 2. The van der Waals surface area contributed by atoms with E-state index in [-0.39, 0.29) is 17.6 Å². The van der Waals surface area contributed by atoms with Gasteiger partial charge in [-0.2, -0.15) is 0 Å². The maximum atomic E-state index is 13.5. The summed E-state index contributed by atoms with van der Waals surface area (Å²) in [6.07, 6.45) is 4.85. The molecule has 1 fully saturated rings. The summed E-state index contributed by atoms with van der Waals surface area (Å²) >= 11 is 0. The van der Waals surface area contributed by atoms with Crippen molar-refractivity contribution in [3.63, 3.8) is 0 Å². The maximum Gasteiger partial charge on any atom is 0.241 e. The SMILES string of the molecule is NC(C(=O)Nc1ccc(Oc2cccc(F)c2)c2ccncc12)C1CCOCC1. The van der Waals surface area contributed by atoms with Crippen molar-refractivity contribution in [1.82, 2.24) is 4.98 Å². The van der Waals surface area contributed by atoms with Crippen LogP contribution in [0.4, 0.5) is 10.1 Å². The summed E-state index contributed by atoms with van der Waals surface area (Å²) in [6, 6.07) is 10.6. The van der Waals surface area contributed by atoms with Crippen molar-refractivity contribution < 1.29 is 18.7 Å². The molecule has 3 aromatic rings. The highest BCUT2D eigenvalue weighted by atomic mass is 19.1. The predicted octanol–water partition coefficient (Wildman–Crippen LogP) is 3.86. The third kappa shape index (κ3) is 4.36. The molecule has 1 aliphatic heterocycles. The molecule has 6 nitrogen and oxygen atoms in total. The number of nitrogens with two attached hydrogens (primary N) is 1. The zero-order chi connectivity index (χ0) is 20.2. The van der Waals surface area contributed by atoms with Crippen LogP contribution in [-0.4, -0.2) is 30.1 Å². The smallest absolute Gasteiger partial charge is 0.241 e. The van der Waals surface area contributed by atoms with Gasteiger partial charge in [-0.1, -0.05) is 6.07 Å². The van der Waals surface area contributed by atoms with Gasteiger partial charge in [0.15, 0.2) is 0 Å². The summed E-state index contributed by atoms with van der Waals surface area (Å²) in [5.41, 5.74) is 6.79. The van der Waals surface area contributed by atoms with Crippen molar-refractivity contribution in [2.24, 2.45) is 11.7 Å². The van der Waals surface area contributed by atoms with Crippen LogP contribution in [0.1, 0.15) is 12.8 Å². The van der Waals surface area contributed by atoms with Crippen LogP contribution >= 0.6 is 0 Å². The van der Waals surface area contributed by atoms with Gasteiger partial charge in [0.2, 0.25) is 5.91 Å². The Bertz CT molecular complexity index is 1020. The molecular formula is C22H22FN3O3. The highest BCUT2D eigenvalue weighted by Gasteiger charge is 2.27. The van der Waals surface area contributed by atoms with E-state index in [1.54, 1.807) is 42.7 Å². The maximum absolute atomic E-state index is 13.5. The molecule has 1 saturated heterocycles. The average molecular weight is 395 g/mol. The molecule has 1 unspecified atom stereocenters. The number of rotatable bonds is 5. The molecule has 150 valence electrons. The minimum absolute atomic E-state index is 0.101. The summed E-state index contributed by atoms with van der Waals surface area (Å²) < 4.78 is 24.7. The first-order chi connectivity index (χ1) is 14.1. The standard InChI is InChI=1S/C22H22FN3O3/c23-15-2-1-3-16(12-15)29-20-5-4-19(18-13-25-9-6-17(18)20)26-22(27)21(24)14-7-10-28-11-8-14/h1-6,9,12-14,21H,7-8,10-11,24H2,(H,26,27). The lowest BCUT2D eigenvalue weighted by molar-refractivity contribution is -0.119. The first kappa shape index (κ1) is 19.3. The lowest BCUT2D eigenvalue weighted by atomic mass is 9.92. The number of aromatic nitrogens is 1. The Morgan fingerprint density at radius 3 is 2.83 bits per heavy atom. The van der Waals surface area contributed by atoms with Crippen molar-refractivity contribution in [1.29, 1.82) is 0 Å². The Labute approximate surface area is 167 Å². The number of pyridine rings is 1. The summed E-state index contributed by atoms with van der Waals surface area (Å²) in [7, 11) is 0. The van der Waals surface area contributed by atoms with E-state index < -0.39 is 6.04 Å². The molecule has 2 aromatic carbocycles. The van der Waals surface area contributed by atoms with Gasteiger partial charge < -0.3 is 20.5 Å². The minimum Gasteiger partial charge on any atom is -0.457 e. The number of nitrogens with zero attached hydrogens (tertiary/aromatic N) is 1. The molecule has 0 aliphatic carbocycles. The van der Waals surface area contributed by atoms with Gasteiger partial charge in [-0.3, -0.25) is 9.78 Å². The van der Waals surface area contributed by atoms with Gasteiger partial charge in [-0.25, -0.2) is 4.39 Å². The van der Waals surface area contributed by atoms with Gasteiger partial charge in [0.05, 0.1) is 11.7 Å². The Morgan fingerprint density at radius 2 is 2.03 bits per heavy atom. The van der Waals surface area contributed by atoms with Crippen molar-refractivity contribution in [3.8, 4) is 11.5 Å². The van der Waals surface area contributed by atoms with E-state index in [0.717, 1.165) is 18.2 Å². The fourth-order valence-electron chi connectivity index (χ4n) is 3.52. The number of fused-ring (bicyclic) bond motifs is 1. The topological polar surface area (TPSA) is 86.5 Å². The second-order valence-electron chi connectivity index (χ2n) is 7.06. The number of nitrogens with one attached hydrogen (secondary N) is 1. The Balaban J connectivity index is 1.58. The highest BCUT2D eigenvalue weighted by molar-refractivity contribution is 6.05. The molecule has 4 rings (SSSR count). The molecule has 3 N–H and O–H groups in total. The lowest BCUT2D eigenvalue weighted by Gasteiger charge is -2.27. The van der Waals surface area contributed by atoms with Gasteiger partial charge in [0.1, 0.15) is 17.3 Å². The fraction of sp³-hybridized carbons (Fsp3) is 0.273. The number of amides is 1. The number of halogens is 1. The van der Waals surface area contributed by atoms with Crippen LogP contribution in [0.5, 0.6) is 11.5 Å². The first-order valence-corrected chi connectivity index (χ1v) is 9.56. The van der Waals surface area contributed by atoms with Gasteiger partial charge >= 0.3 is 0 Å². The number of anilines is 1. The number of hydrogen-bond acceptors (Lipinski definition) is 5. The summed E-state index contributed by atoms with van der Waals surface area (Å²) in [6.45, 7) is 1.26. The van der Waals surface area contributed by atoms with Crippen LogP contribution in [0, 0.1) is 11.7 Å². The first-order valence-electron chi connectivity index (χ1n) is 9.56. The van der Waals surface area contributed by atoms with Crippen LogP contribution in [0.15, 0.2) is 54.9 Å². The van der Waals surface area contributed by atoms with Crippen LogP contribution in [0.25, 0.3) is 10.8 Å². The molecule has 0 saturated carbocycles. The van der Waals surface area contributed by atoms with Crippen LogP contribution in [-0.2, 0) is 9.53 Å². The number of benzene rings is 2. The normalized spacial score (nSPS) is 15.8. The molecule has 0 radical (unpaired) electrons. The molecule has 0 spiro atoms. The molecule has 0 bridgehead atoms. The van der Waals surface area contributed by atoms with Gasteiger partial charge in [-0.15, -0.1) is 0 Å². The Morgan fingerprint density at radius 1 is 1.21 bits per heavy atom. The molecular weight excluding hydrogens is 373 g/mol.